The third-order valence-electron chi connectivity index (χ3n) is 17.5. The normalized spacial score (nSPS) is 17.4. The van der Waals surface area contributed by atoms with Gasteiger partial charge in [-0.25, -0.2) is 9.59 Å². The van der Waals surface area contributed by atoms with Crippen molar-refractivity contribution in [1.82, 2.24) is 36.0 Å². The van der Waals surface area contributed by atoms with Crippen molar-refractivity contribution in [2.75, 3.05) is 46.8 Å². The number of aliphatic hydroxyl groups is 1. The van der Waals surface area contributed by atoms with Crippen LogP contribution in [0.4, 0.5) is 15.3 Å². The summed E-state index contributed by atoms with van der Waals surface area (Å²) in [5.41, 5.74) is 5.95. The van der Waals surface area contributed by atoms with Crippen LogP contribution in [0.5, 0.6) is 0 Å². The lowest BCUT2D eigenvalue weighted by Crippen LogP contribution is -2.60. The highest BCUT2D eigenvalue weighted by Gasteiger charge is 2.44. The SMILES string of the molecule is CC[C@H](C)[C@@H]([C@@H](CC(=O)N1CCC[C@H]1[C@H](OC)[C@@H](C)C(=O)N[C@H](C)[C@@H](O)c1ccccc1)OC)N(C)C(=O)[C@@H](NC(=O)[C@H](C(C)C)N(C)C(=O)OCc1ccc(NC(=O)[C@H](C)NC(=O)[C@H](C)NC(=O)OCC2c3ccccc3-c3ccccc32)cc1)C(C)C. The molecule has 12 atom stereocenters. The van der Waals surface area contributed by atoms with Gasteiger partial charge >= 0.3 is 12.2 Å². The molecule has 8 amide bonds. The molecule has 1 heterocycles. The maximum absolute atomic E-state index is 14.8. The van der Waals surface area contributed by atoms with Crippen LogP contribution in [-0.2, 0) is 54.3 Å². The van der Waals surface area contributed by atoms with Gasteiger partial charge in [0.1, 0.15) is 37.4 Å². The number of hydrogen-bond acceptors (Lipinski definition) is 13. The van der Waals surface area contributed by atoms with Gasteiger partial charge in [0.15, 0.2) is 0 Å². The maximum Gasteiger partial charge on any atom is 0.410 e. The Bertz CT molecular complexity index is 3010. The van der Waals surface area contributed by atoms with E-state index >= 15 is 0 Å². The number of alkyl carbamates (subject to hydrolysis) is 1. The van der Waals surface area contributed by atoms with E-state index in [9.17, 15) is 43.5 Å². The molecular weight excluding hydrogens is 1140 g/mol. The van der Waals surface area contributed by atoms with Gasteiger partial charge in [-0.05, 0) is 96.9 Å². The zero-order chi connectivity index (χ0) is 65.4. The van der Waals surface area contributed by atoms with E-state index in [-0.39, 0.29) is 43.3 Å². The Balaban J connectivity index is 0.986. The van der Waals surface area contributed by atoms with Crippen molar-refractivity contribution in [2.24, 2.45) is 23.7 Å². The molecule has 89 heavy (non-hydrogen) atoms. The number of hydrogen-bond donors (Lipinski definition) is 6. The number of carbonyl (C=O) groups is 8. The predicted octanol–water partition coefficient (Wildman–Crippen LogP) is 7.95. The van der Waals surface area contributed by atoms with E-state index in [0.717, 1.165) is 22.3 Å². The summed E-state index contributed by atoms with van der Waals surface area (Å²) in [5.74, 6) is -4.41. The van der Waals surface area contributed by atoms with E-state index < -0.39 is 114 Å². The van der Waals surface area contributed by atoms with Crippen LogP contribution < -0.4 is 26.6 Å². The average molecular weight is 1230 g/mol. The van der Waals surface area contributed by atoms with Gasteiger partial charge in [-0.1, -0.05) is 146 Å². The number of benzene rings is 4. The smallest absolute Gasteiger partial charge is 0.410 e. The Hall–Kier alpha value is -7.88. The fourth-order valence-electron chi connectivity index (χ4n) is 12.2. The number of amides is 8. The summed E-state index contributed by atoms with van der Waals surface area (Å²) in [5, 5.41) is 24.8. The summed E-state index contributed by atoms with van der Waals surface area (Å²) in [6.45, 7) is 18.0. The number of methoxy groups -OCH3 is 2. The fourth-order valence-corrected chi connectivity index (χ4v) is 12.2. The Kier molecular flexibility index (Phi) is 25.7. The minimum Gasteiger partial charge on any atom is -0.449 e. The number of anilines is 1. The van der Waals surface area contributed by atoms with E-state index in [0.29, 0.717) is 42.6 Å². The van der Waals surface area contributed by atoms with Crippen LogP contribution in [0.1, 0.15) is 129 Å². The first-order valence-electron chi connectivity index (χ1n) is 31.0. The molecule has 21 nitrogen and oxygen atoms in total. The molecule has 1 saturated heterocycles. The Morgan fingerprint density at radius 2 is 1.25 bits per heavy atom. The molecule has 0 unspecified atom stereocenters. The number of nitrogens with one attached hydrogen (secondary N) is 5. The van der Waals surface area contributed by atoms with Crippen LogP contribution in [0, 0.1) is 23.7 Å². The van der Waals surface area contributed by atoms with Gasteiger partial charge in [-0.15, -0.1) is 0 Å². The molecule has 484 valence electrons. The van der Waals surface area contributed by atoms with Crippen LogP contribution in [-0.4, -0.2) is 163 Å². The molecule has 1 fully saturated rings. The summed E-state index contributed by atoms with van der Waals surface area (Å²) in [7, 11) is 6.13. The third-order valence-corrected chi connectivity index (χ3v) is 17.5. The molecule has 2 aliphatic rings. The molecule has 0 spiro atoms. The Morgan fingerprint density at radius 3 is 1.82 bits per heavy atom. The highest BCUT2D eigenvalue weighted by atomic mass is 16.6. The van der Waals surface area contributed by atoms with Crippen molar-refractivity contribution in [3.63, 3.8) is 0 Å². The summed E-state index contributed by atoms with van der Waals surface area (Å²) < 4.78 is 23.3. The molecule has 0 bridgehead atoms. The van der Waals surface area contributed by atoms with Gasteiger partial charge in [0, 0.05) is 46.5 Å². The molecule has 4 aromatic carbocycles. The first-order valence-corrected chi connectivity index (χ1v) is 31.0. The minimum absolute atomic E-state index is 0.0751. The second-order valence-electron chi connectivity index (χ2n) is 24.4. The summed E-state index contributed by atoms with van der Waals surface area (Å²) in [6.07, 6.45) is -2.04. The number of aliphatic hydroxyl groups excluding tert-OH is 1. The zero-order valence-electron chi connectivity index (χ0n) is 54.1. The van der Waals surface area contributed by atoms with Crippen LogP contribution in [0.15, 0.2) is 103 Å². The van der Waals surface area contributed by atoms with E-state index in [1.165, 1.54) is 40.0 Å². The van der Waals surface area contributed by atoms with Gasteiger partial charge in [-0.2, -0.15) is 0 Å². The van der Waals surface area contributed by atoms with Crippen LogP contribution in [0.3, 0.4) is 0 Å². The summed E-state index contributed by atoms with van der Waals surface area (Å²) in [6, 6.07) is 25.8. The van der Waals surface area contributed by atoms with Crippen molar-refractivity contribution in [2.45, 2.75) is 168 Å². The number of nitrogens with zero attached hydrogens (tertiary/aromatic N) is 3. The molecule has 6 N–H and O–H groups in total. The number of likely N-dealkylation sites (N-methyl/N-ethyl adjacent to an activating group) is 2. The van der Waals surface area contributed by atoms with Gasteiger partial charge in [0.05, 0.1) is 48.8 Å². The zero-order valence-corrected chi connectivity index (χ0v) is 54.1. The fraction of sp³-hybridized carbons (Fsp3) is 0.529. The number of carbonyl (C=O) groups excluding carboxylic acids is 8. The van der Waals surface area contributed by atoms with E-state index in [1.54, 1.807) is 80.9 Å². The summed E-state index contributed by atoms with van der Waals surface area (Å²) in [4.78, 5) is 114. The van der Waals surface area contributed by atoms with Crippen molar-refractivity contribution in [1.29, 1.82) is 0 Å². The van der Waals surface area contributed by atoms with E-state index in [2.05, 4.69) is 26.6 Å². The quantitative estimate of drug-likeness (QED) is 0.0302. The van der Waals surface area contributed by atoms with Gasteiger partial charge in [0.2, 0.25) is 35.4 Å². The minimum atomic E-state index is -1.05. The predicted molar refractivity (Wildman–Crippen MR) is 339 cm³/mol. The Morgan fingerprint density at radius 1 is 0.652 bits per heavy atom. The highest BCUT2D eigenvalue weighted by molar-refractivity contribution is 5.98. The molecular formula is C68H94N8O13. The molecule has 4 aromatic rings. The third kappa shape index (κ3) is 17.7. The van der Waals surface area contributed by atoms with Crippen molar-refractivity contribution >= 4 is 53.3 Å². The first kappa shape index (κ1) is 70.2. The van der Waals surface area contributed by atoms with E-state index in [4.69, 9.17) is 18.9 Å². The molecule has 0 saturated carbocycles. The largest absolute Gasteiger partial charge is 0.449 e. The molecule has 6 rings (SSSR count). The van der Waals surface area contributed by atoms with Gasteiger partial charge in [0.25, 0.3) is 0 Å². The molecule has 1 aliphatic carbocycles. The van der Waals surface area contributed by atoms with Crippen LogP contribution in [0.25, 0.3) is 11.1 Å². The summed E-state index contributed by atoms with van der Waals surface area (Å²) >= 11 is 0. The van der Waals surface area contributed by atoms with Crippen LogP contribution in [0.2, 0.25) is 0 Å². The van der Waals surface area contributed by atoms with Crippen LogP contribution >= 0.6 is 0 Å². The molecule has 21 heteroatoms. The number of likely N-dealkylation sites (tertiary alicyclic amines) is 1. The van der Waals surface area contributed by atoms with Gasteiger partial charge in [-0.3, -0.25) is 33.7 Å². The second kappa shape index (κ2) is 32.6. The van der Waals surface area contributed by atoms with Crippen molar-refractivity contribution in [3.05, 3.63) is 125 Å². The monoisotopic (exact) mass is 1230 g/mol. The number of fused-ring (bicyclic) bond motifs is 3. The average Bonchev–Trinajstić information content (AvgIpc) is 2.13. The number of ether oxygens (including phenoxy) is 4. The lowest BCUT2D eigenvalue weighted by molar-refractivity contribution is -0.148. The lowest BCUT2D eigenvalue weighted by Gasteiger charge is -2.41. The Labute approximate surface area is 524 Å². The standard InChI is InChI=1S/C68H94N8O13/c1-15-41(6)59(55(86-13)36-56(77)76-35-23-30-54(76)61(87-14)42(7)62(79)69-43(8)60(78)47-24-17-16-18-25-47)74(11)66(83)57(39(2)3)73-65(82)58(40(4)5)75(12)68(85)89-37-46-31-33-48(34-32-46)72-64(81)44(9)70-63(80)45(10)71-67(84)88-38-53-51-28-21-19-26-49(51)50-27-20-22-29-52(50)53/h16-22,24-29,31-34,39-45,53-55,57-61,78H,15,23,30,35-38H2,1-14H3,(H,69,79)(H,70,80)(H,71,84)(H,72,81)(H,73,82)/t41-,42+,43+,44-,45-,54-,55+,57-,58-,59-,60+,61+/m0/s1. The van der Waals surface area contributed by atoms with Crippen molar-refractivity contribution < 1.29 is 62.4 Å². The highest BCUT2D eigenvalue weighted by Crippen LogP contribution is 2.44. The topological polar surface area (TPSA) is 264 Å². The molecule has 1 aliphatic heterocycles. The molecule has 0 aromatic heterocycles. The number of rotatable bonds is 29. The first-order chi connectivity index (χ1) is 42.3. The van der Waals surface area contributed by atoms with Gasteiger partial charge < -0.3 is 60.4 Å². The van der Waals surface area contributed by atoms with E-state index in [1.807, 2.05) is 94.4 Å². The maximum atomic E-state index is 14.8. The van der Waals surface area contributed by atoms with Crippen molar-refractivity contribution in [3.8, 4) is 11.1 Å². The lowest BCUT2D eigenvalue weighted by atomic mass is 9.89. The molecule has 0 radical (unpaired) electrons. The second-order valence-corrected chi connectivity index (χ2v) is 24.4.